The normalized spacial score (nSPS) is 13.0. The molecule has 0 radical (unpaired) electrons. The molecule has 4 nitrogen and oxygen atoms in total. The molecule has 21 heavy (non-hydrogen) atoms. The first-order valence-electron chi connectivity index (χ1n) is 6.82. The van der Waals surface area contributed by atoms with Crippen molar-refractivity contribution < 1.29 is 9.47 Å². The van der Waals surface area contributed by atoms with E-state index in [4.69, 9.17) is 9.47 Å². The van der Waals surface area contributed by atoms with Gasteiger partial charge in [0.15, 0.2) is 0 Å². The largest absolute Gasteiger partial charge is 0.497 e. The topological polar surface area (TPSA) is 36.3 Å². The molecule has 1 atom stereocenters. The molecule has 2 rings (SSSR count). The minimum Gasteiger partial charge on any atom is -0.497 e. The summed E-state index contributed by atoms with van der Waals surface area (Å²) >= 11 is 3.62. The number of aromatic nitrogens is 2. The number of ether oxygens (including phenoxy) is 2. The van der Waals surface area contributed by atoms with Crippen LogP contribution in [0.2, 0.25) is 0 Å². The van der Waals surface area contributed by atoms with Gasteiger partial charge in [-0.1, -0.05) is 15.9 Å². The Hall–Kier alpha value is -0.720. The van der Waals surface area contributed by atoms with Gasteiger partial charge in [0, 0.05) is 16.4 Å². The van der Waals surface area contributed by atoms with Crippen LogP contribution in [0.5, 0.6) is 5.75 Å². The summed E-state index contributed by atoms with van der Waals surface area (Å²) in [5, 5.41) is 5.71. The van der Waals surface area contributed by atoms with E-state index >= 15 is 0 Å². The number of alkyl halides is 1. The summed E-state index contributed by atoms with van der Waals surface area (Å²) in [7, 11) is 2.10. The van der Waals surface area contributed by atoms with Crippen LogP contribution in [0.25, 0.3) is 10.9 Å². The van der Waals surface area contributed by atoms with Crippen molar-refractivity contribution in [3.8, 4) is 5.75 Å². The minimum atomic E-state index is 0.224. The highest BCUT2D eigenvalue weighted by molar-refractivity contribution is 9.09. The second kappa shape index (κ2) is 7.51. The third kappa shape index (κ3) is 4.37. The van der Waals surface area contributed by atoms with Gasteiger partial charge in [0.2, 0.25) is 0 Å². The average molecular weight is 374 g/mol. The van der Waals surface area contributed by atoms with E-state index in [0.717, 1.165) is 34.6 Å². The molecular formula is C15H22BrN2O2S+. The number of nitrogens with zero attached hydrogens (tertiary/aromatic N) is 2. The molecule has 0 saturated carbocycles. The summed E-state index contributed by atoms with van der Waals surface area (Å²) < 4.78 is 12.9. The SMILES string of the molecule is COc1cc(C(C)Br)c2nn(COCC[S+](C)C)cc2c1. The van der Waals surface area contributed by atoms with Crippen LogP contribution in [0.1, 0.15) is 17.3 Å². The summed E-state index contributed by atoms with van der Waals surface area (Å²) in [5.41, 5.74) is 2.13. The lowest BCUT2D eigenvalue weighted by molar-refractivity contribution is 0.0815. The Morgan fingerprint density at radius 2 is 2.14 bits per heavy atom. The van der Waals surface area contributed by atoms with Crippen LogP contribution < -0.4 is 4.74 Å². The molecular weight excluding hydrogens is 352 g/mol. The number of benzene rings is 1. The van der Waals surface area contributed by atoms with Gasteiger partial charge in [-0.3, -0.25) is 0 Å². The maximum Gasteiger partial charge on any atom is 0.139 e. The number of fused-ring (bicyclic) bond motifs is 1. The Labute approximate surface area is 137 Å². The molecule has 0 saturated heterocycles. The maximum absolute atomic E-state index is 5.68. The van der Waals surface area contributed by atoms with Crippen LogP contribution in [0.3, 0.4) is 0 Å². The van der Waals surface area contributed by atoms with E-state index in [9.17, 15) is 0 Å². The highest BCUT2D eigenvalue weighted by atomic mass is 79.9. The fraction of sp³-hybridized carbons (Fsp3) is 0.533. The Balaban J connectivity index is 2.18. The summed E-state index contributed by atoms with van der Waals surface area (Å²) in [5.74, 6) is 1.95. The molecule has 1 aromatic heterocycles. The molecule has 0 amide bonds. The van der Waals surface area contributed by atoms with Gasteiger partial charge in [-0.2, -0.15) is 5.10 Å². The third-order valence-electron chi connectivity index (χ3n) is 3.18. The lowest BCUT2D eigenvalue weighted by Crippen LogP contribution is -2.11. The van der Waals surface area contributed by atoms with E-state index in [-0.39, 0.29) is 4.83 Å². The number of hydrogen-bond donors (Lipinski definition) is 0. The number of methoxy groups -OCH3 is 1. The quantitative estimate of drug-likeness (QED) is 0.424. The summed E-state index contributed by atoms with van der Waals surface area (Å²) in [6.45, 7) is 3.36. The fourth-order valence-corrected chi connectivity index (χ4v) is 2.85. The van der Waals surface area contributed by atoms with Crippen molar-refractivity contribution in [3.05, 3.63) is 23.9 Å². The maximum atomic E-state index is 5.68. The zero-order chi connectivity index (χ0) is 15.4. The van der Waals surface area contributed by atoms with Crippen LogP contribution in [-0.4, -0.2) is 41.8 Å². The molecule has 116 valence electrons. The monoisotopic (exact) mass is 373 g/mol. The summed E-state index contributed by atoms with van der Waals surface area (Å²) in [4.78, 5) is 0.224. The Bertz CT molecular complexity index is 599. The van der Waals surface area contributed by atoms with Gasteiger partial charge >= 0.3 is 0 Å². The highest BCUT2D eigenvalue weighted by Gasteiger charge is 2.13. The molecule has 0 aliphatic rings. The third-order valence-corrected chi connectivity index (χ3v) is 4.66. The van der Waals surface area contributed by atoms with Gasteiger partial charge in [-0.05, 0) is 35.5 Å². The zero-order valence-corrected chi connectivity index (χ0v) is 15.3. The predicted octanol–water partition coefficient (Wildman–Crippen LogP) is 3.35. The Kier molecular flexibility index (Phi) is 5.96. The molecule has 0 aliphatic carbocycles. The van der Waals surface area contributed by atoms with Crippen molar-refractivity contribution in [2.45, 2.75) is 18.5 Å². The second-order valence-corrected chi connectivity index (χ2v) is 8.92. The molecule has 2 aromatic rings. The van der Waals surface area contributed by atoms with Crippen LogP contribution >= 0.6 is 15.9 Å². The van der Waals surface area contributed by atoms with Crippen LogP contribution in [-0.2, 0) is 22.4 Å². The molecule has 1 aromatic carbocycles. The lowest BCUT2D eigenvalue weighted by Gasteiger charge is -2.07. The van der Waals surface area contributed by atoms with E-state index in [1.165, 1.54) is 0 Å². The average Bonchev–Trinajstić information content (AvgIpc) is 2.84. The van der Waals surface area contributed by atoms with Gasteiger partial charge in [0.05, 0.1) is 31.7 Å². The van der Waals surface area contributed by atoms with Gasteiger partial charge in [0.25, 0.3) is 0 Å². The minimum absolute atomic E-state index is 0.224. The second-order valence-electron chi connectivity index (χ2n) is 5.17. The Morgan fingerprint density at radius 3 is 2.76 bits per heavy atom. The fourth-order valence-electron chi connectivity index (χ4n) is 2.05. The summed E-state index contributed by atoms with van der Waals surface area (Å²) in [6.07, 6.45) is 6.46. The first-order chi connectivity index (χ1) is 10.0. The van der Waals surface area contributed by atoms with Crippen molar-refractivity contribution in [3.63, 3.8) is 0 Å². The van der Waals surface area contributed by atoms with Crippen molar-refractivity contribution in [2.75, 3.05) is 32.0 Å². The number of rotatable bonds is 7. The Morgan fingerprint density at radius 1 is 1.38 bits per heavy atom. The molecule has 0 bridgehead atoms. The molecule has 0 spiro atoms. The highest BCUT2D eigenvalue weighted by Crippen LogP contribution is 2.32. The summed E-state index contributed by atoms with van der Waals surface area (Å²) in [6, 6.07) is 4.03. The molecule has 0 fully saturated rings. The van der Waals surface area contributed by atoms with Crippen LogP contribution in [0.4, 0.5) is 0 Å². The zero-order valence-electron chi connectivity index (χ0n) is 12.9. The molecule has 1 heterocycles. The first-order valence-corrected chi connectivity index (χ1v) is 9.95. The van der Waals surface area contributed by atoms with Gasteiger partial charge < -0.3 is 9.47 Å². The molecule has 1 unspecified atom stereocenters. The smallest absolute Gasteiger partial charge is 0.139 e. The van der Waals surface area contributed by atoms with E-state index in [0.29, 0.717) is 17.6 Å². The molecule has 6 heteroatoms. The van der Waals surface area contributed by atoms with Crippen molar-refractivity contribution in [2.24, 2.45) is 0 Å². The van der Waals surface area contributed by atoms with E-state index in [1.54, 1.807) is 7.11 Å². The number of hydrogen-bond acceptors (Lipinski definition) is 3. The van der Waals surface area contributed by atoms with Crippen LogP contribution in [0.15, 0.2) is 18.3 Å². The predicted molar refractivity (Wildman–Crippen MR) is 93.7 cm³/mol. The number of halogens is 1. The van der Waals surface area contributed by atoms with Crippen molar-refractivity contribution in [1.29, 1.82) is 0 Å². The van der Waals surface area contributed by atoms with Crippen molar-refractivity contribution >= 4 is 37.7 Å². The van der Waals surface area contributed by atoms with Gasteiger partial charge in [-0.25, -0.2) is 4.68 Å². The van der Waals surface area contributed by atoms with E-state index < -0.39 is 0 Å². The standard InChI is InChI=1S/C15H22BrN2O2S/c1-11(16)14-8-13(19-2)7-12-9-18(17-15(12)14)10-20-5-6-21(3)4/h7-9,11H,5-6,10H2,1-4H3/q+1. The van der Waals surface area contributed by atoms with Gasteiger partial charge in [0.1, 0.15) is 18.2 Å². The lowest BCUT2D eigenvalue weighted by atomic mass is 10.1. The van der Waals surface area contributed by atoms with Crippen LogP contribution in [0, 0.1) is 0 Å². The van der Waals surface area contributed by atoms with Gasteiger partial charge in [-0.15, -0.1) is 0 Å². The van der Waals surface area contributed by atoms with E-state index in [1.807, 2.05) is 23.0 Å². The first kappa shape index (κ1) is 16.6. The van der Waals surface area contributed by atoms with E-state index in [2.05, 4.69) is 40.5 Å². The van der Waals surface area contributed by atoms with Crippen molar-refractivity contribution in [1.82, 2.24) is 9.78 Å². The molecule has 0 N–H and O–H groups in total. The molecule has 0 aliphatic heterocycles.